The molecule has 88 valence electrons. The lowest BCUT2D eigenvalue weighted by atomic mass is 10.2. The van der Waals surface area contributed by atoms with E-state index in [1.807, 2.05) is 0 Å². The Morgan fingerprint density at radius 2 is 1.88 bits per heavy atom. The van der Waals surface area contributed by atoms with Gasteiger partial charge in [-0.3, -0.25) is 4.79 Å². The monoisotopic (exact) mass is 243 g/mol. The average molecular weight is 243 g/mol. The van der Waals surface area contributed by atoms with E-state index in [0.29, 0.717) is 0 Å². The third kappa shape index (κ3) is 2.31. The number of aromatic nitrogens is 1. The molecule has 0 saturated heterocycles. The Labute approximate surface area is 84.9 Å². The topological polar surface area (TPSA) is 30.0 Å². The zero-order chi connectivity index (χ0) is 12.5. The minimum Gasteiger partial charge on any atom is -0.298 e. The lowest BCUT2D eigenvalue weighted by molar-refractivity contribution is -0.144. The highest BCUT2D eigenvalue weighted by Crippen LogP contribution is 2.32. The second-order valence-electron chi connectivity index (χ2n) is 2.71. The minimum absolute atomic E-state index is 0.0876. The fourth-order valence-electron chi connectivity index (χ4n) is 0.985. The fraction of sp³-hybridized carbons (Fsp3) is 0.250. The van der Waals surface area contributed by atoms with E-state index in [2.05, 4.69) is 4.98 Å². The van der Waals surface area contributed by atoms with Crippen molar-refractivity contribution in [3.05, 3.63) is 28.8 Å². The summed E-state index contributed by atoms with van der Waals surface area (Å²) in [7, 11) is 0. The first-order valence-electron chi connectivity index (χ1n) is 3.78. The Balaban J connectivity index is 3.45. The summed E-state index contributed by atoms with van der Waals surface area (Å²) in [5.74, 6) is -1.86. The van der Waals surface area contributed by atoms with Crippen molar-refractivity contribution in [2.24, 2.45) is 0 Å². The van der Waals surface area contributed by atoms with Gasteiger partial charge < -0.3 is 0 Å². The standard InChI is InChI=1S/C8H3F6NO/c9-4-1-3(2-16)5(7(10)11)15-6(4)8(12,13)14/h1-2,7H. The minimum atomic E-state index is -5.19. The van der Waals surface area contributed by atoms with E-state index in [1.165, 1.54) is 0 Å². The molecule has 0 aliphatic heterocycles. The van der Waals surface area contributed by atoms with Crippen LogP contribution < -0.4 is 0 Å². The lowest BCUT2D eigenvalue weighted by Crippen LogP contribution is -2.14. The van der Waals surface area contributed by atoms with Crippen molar-refractivity contribution >= 4 is 6.29 Å². The summed E-state index contributed by atoms with van der Waals surface area (Å²) < 4.78 is 73.5. The average Bonchev–Trinajstić information content (AvgIpc) is 2.14. The molecule has 16 heavy (non-hydrogen) atoms. The summed E-state index contributed by atoms with van der Waals surface area (Å²) in [5.41, 5.74) is -4.35. The third-order valence-electron chi connectivity index (χ3n) is 1.64. The van der Waals surface area contributed by atoms with Crippen LogP contribution in [0, 0.1) is 5.82 Å². The predicted octanol–water partition coefficient (Wildman–Crippen LogP) is 2.99. The van der Waals surface area contributed by atoms with Gasteiger partial charge in [-0.25, -0.2) is 18.2 Å². The molecule has 0 bridgehead atoms. The SMILES string of the molecule is O=Cc1cc(F)c(C(F)(F)F)nc1C(F)F. The van der Waals surface area contributed by atoms with Gasteiger partial charge in [0.05, 0.1) is 0 Å². The van der Waals surface area contributed by atoms with Crippen LogP contribution in [0.4, 0.5) is 26.3 Å². The normalized spacial score (nSPS) is 11.9. The van der Waals surface area contributed by atoms with E-state index in [9.17, 15) is 31.1 Å². The van der Waals surface area contributed by atoms with Crippen molar-refractivity contribution in [3.8, 4) is 0 Å². The van der Waals surface area contributed by atoms with E-state index >= 15 is 0 Å². The first-order chi connectivity index (χ1) is 7.27. The summed E-state index contributed by atoms with van der Waals surface area (Å²) >= 11 is 0. The molecule has 0 aliphatic carbocycles. The predicted molar refractivity (Wildman–Crippen MR) is 39.5 cm³/mol. The molecule has 8 heteroatoms. The number of nitrogens with zero attached hydrogens (tertiary/aromatic N) is 1. The number of rotatable bonds is 2. The van der Waals surface area contributed by atoms with Gasteiger partial charge in [0.25, 0.3) is 6.43 Å². The molecule has 0 amide bonds. The molecule has 0 fully saturated rings. The van der Waals surface area contributed by atoms with Crippen molar-refractivity contribution in [3.63, 3.8) is 0 Å². The van der Waals surface area contributed by atoms with Crippen LogP contribution in [0.15, 0.2) is 6.07 Å². The number of aldehydes is 1. The molecule has 0 radical (unpaired) electrons. The summed E-state index contributed by atoms with van der Waals surface area (Å²) in [5, 5.41) is 0. The summed E-state index contributed by atoms with van der Waals surface area (Å²) in [6.45, 7) is 0. The lowest BCUT2D eigenvalue weighted by Gasteiger charge is -2.10. The highest BCUT2D eigenvalue weighted by Gasteiger charge is 2.37. The van der Waals surface area contributed by atoms with E-state index in [-0.39, 0.29) is 12.4 Å². The van der Waals surface area contributed by atoms with Gasteiger partial charge in [0, 0.05) is 5.56 Å². The van der Waals surface area contributed by atoms with Crippen molar-refractivity contribution < 1.29 is 31.1 Å². The van der Waals surface area contributed by atoms with Gasteiger partial charge in [-0.2, -0.15) is 13.2 Å². The second kappa shape index (κ2) is 4.11. The van der Waals surface area contributed by atoms with Crippen LogP contribution in [0.3, 0.4) is 0 Å². The second-order valence-corrected chi connectivity index (χ2v) is 2.71. The highest BCUT2D eigenvalue weighted by molar-refractivity contribution is 5.76. The van der Waals surface area contributed by atoms with Crippen LogP contribution >= 0.6 is 0 Å². The smallest absolute Gasteiger partial charge is 0.298 e. The van der Waals surface area contributed by atoms with Gasteiger partial charge in [-0.1, -0.05) is 0 Å². The van der Waals surface area contributed by atoms with Crippen molar-refractivity contribution in [2.75, 3.05) is 0 Å². The van der Waals surface area contributed by atoms with Gasteiger partial charge in [-0.05, 0) is 6.07 Å². The first kappa shape index (κ1) is 12.5. The Kier molecular flexibility index (Phi) is 3.20. The van der Waals surface area contributed by atoms with Crippen molar-refractivity contribution in [2.45, 2.75) is 12.6 Å². The third-order valence-corrected chi connectivity index (χ3v) is 1.64. The van der Waals surface area contributed by atoms with Gasteiger partial charge in [0.1, 0.15) is 5.69 Å². The van der Waals surface area contributed by atoms with Crippen LogP contribution in [0.1, 0.15) is 28.2 Å². The molecular weight excluding hydrogens is 240 g/mol. The maximum Gasteiger partial charge on any atom is 0.436 e. The van der Waals surface area contributed by atoms with Crippen LogP contribution in [0.5, 0.6) is 0 Å². The Hall–Kier alpha value is -1.60. The van der Waals surface area contributed by atoms with Crippen molar-refractivity contribution in [1.82, 2.24) is 4.98 Å². The molecule has 0 aromatic carbocycles. The molecule has 2 nitrogen and oxygen atoms in total. The van der Waals surface area contributed by atoms with Gasteiger partial charge in [0.15, 0.2) is 17.8 Å². The zero-order valence-corrected chi connectivity index (χ0v) is 7.36. The first-order valence-corrected chi connectivity index (χ1v) is 3.78. The summed E-state index contributed by atoms with van der Waals surface area (Å²) in [6, 6.07) is 0.0876. The van der Waals surface area contributed by atoms with Crippen LogP contribution in [-0.2, 0) is 6.18 Å². The van der Waals surface area contributed by atoms with Crippen LogP contribution in [0.25, 0.3) is 0 Å². The largest absolute Gasteiger partial charge is 0.436 e. The van der Waals surface area contributed by atoms with E-state index in [0.717, 1.165) is 0 Å². The Morgan fingerprint density at radius 1 is 1.31 bits per heavy atom. The molecule has 0 spiro atoms. The molecule has 1 rings (SSSR count). The molecule has 0 saturated carbocycles. The molecule has 1 heterocycles. The number of alkyl halides is 5. The molecule has 0 unspecified atom stereocenters. The van der Waals surface area contributed by atoms with E-state index in [4.69, 9.17) is 0 Å². The summed E-state index contributed by atoms with van der Waals surface area (Å²) in [4.78, 5) is 12.7. The van der Waals surface area contributed by atoms with Gasteiger partial charge >= 0.3 is 6.18 Å². The number of pyridine rings is 1. The van der Waals surface area contributed by atoms with Crippen molar-refractivity contribution in [1.29, 1.82) is 0 Å². The highest BCUT2D eigenvalue weighted by atomic mass is 19.4. The van der Waals surface area contributed by atoms with Gasteiger partial charge in [0.2, 0.25) is 0 Å². The number of hydrogen-bond acceptors (Lipinski definition) is 2. The van der Waals surface area contributed by atoms with Gasteiger partial charge in [-0.15, -0.1) is 0 Å². The molecule has 1 aromatic heterocycles. The fourth-order valence-corrected chi connectivity index (χ4v) is 0.985. The van der Waals surface area contributed by atoms with E-state index < -0.39 is 35.4 Å². The maximum atomic E-state index is 12.8. The number of carbonyl (C=O) groups is 1. The maximum absolute atomic E-state index is 12.8. The summed E-state index contributed by atoms with van der Waals surface area (Å²) in [6.07, 6.45) is -8.76. The Bertz CT molecular complexity index is 414. The van der Waals surface area contributed by atoms with Crippen LogP contribution in [0.2, 0.25) is 0 Å². The van der Waals surface area contributed by atoms with Crippen LogP contribution in [-0.4, -0.2) is 11.3 Å². The molecule has 0 atom stereocenters. The number of hydrogen-bond donors (Lipinski definition) is 0. The Morgan fingerprint density at radius 3 is 2.25 bits per heavy atom. The molecular formula is C8H3F6NO. The quantitative estimate of drug-likeness (QED) is 0.590. The number of halogens is 6. The van der Waals surface area contributed by atoms with E-state index in [1.54, 1.807) is 0 Å². The molecule has 0 N–H and O–H groups in total. The molecule has 0 aliphatic rings. The zero-order valence-electron chi connectivity index (χ0n) is 7.36. The molecule has 1 aromatic rings. The number of carbonyl (C=O) groups excluding carboxylic acids is 1.